The smallest absolute Gasteiger partial charge is 0.237 e. The molecule has 2 aromatic rings. The molecule has 0 fully saturated rings. The van der Waals surface area contributed by atoms with E-state index >= 15 is 0 Å². The van der Waals surface area contributed by atoms with Crippen LogP contribution in [0.15, 0.2) is 48.5 Å². The Kier molecular flexibility index (Phi) is 6.18. The molecule has 0 saturated carbocycles. The summed E-state index contributed by atoms with van der Waals surface area (Å²) in [7, 11) is 0. The van der Waals surface area contributed by atoms with Crippen LogP contribution < -0.4 is 15.8 Å². The van der Waals surface area contributed by atoms with E-state index in [9.17, 15) is 4.79 Å². The average Bonchev–Trinajstić information content (AvgIpc) is 2.55. The first-order valence-corrected chi connectivity index (χ1v) is 7.89. The Morgan fingerprint density at radius 3 is 2.65 bits per heavy atom. The molecule has 2 aromatic carbocycles. The van der Waals surface area contributed by atoms with Gasteiger partial charge in [-0.25, -0.2) is 0 Å². The number of amides is 1. The highest BCUT2D eigenvalue weighted by molar-refractivity contribution is 5.81. The Bertz CT molecular complexity index is 641. The molecule has 0 spiro atoms. The van der Waals surface area contributed by atoms with Gasteiger partial charge in [-0.2, -0.15) is 0 Å². The number of hydrogen-bond acceptors (Lipinski definition) is 3. The van der Waals surface area contributed by atoms with Crippen molar-refractivity contribution >= 4 is 5.91 Å². The number of hydrogen-bond donors (Lipinski definition) is 2. The molecule has 1 atom stereocenters. The first-order chi connectivity index (χ1) is 11.1. The van der Waals surface area contributed by atoms with Crippen LogP contribution in [0, 0.1) is 6.92 Å². The molecule has 2 rings (SSSR count). The molecule has 0 heterocycles. The first kappa shape index (κ1) is 17.0. The van der Waals surface area contributed by atoms with E-state index in [0.29, 0.717) is 19.6 Å². The Morgan fingerprint density at radius 1 is 1.22 bits per heavy atom. The van der Waals surface area contributed by atoms with Crippen molar-refractivity contribution in [3.05, 3.63) is 65.2 Å². The number of benzene rings is 2. The topological polar surface area (TPSA) is 64.3 Å². The van der Waals surface area contributed by atoms with Crippen LogP contribution >= 0.6 is 0 Å². The number of rotatable bonds is 7. The largest absolute Gasteiger partial charge is 0.494 e. The predicted octanol–water partition coefficient (Wildman–Crippen LogP) is 2.58. The van der Waals surface area contributed by atoms with Crippen LogP contribution in [0.4, 0.5) is 0 Å². The highest BCUT2D eigenvalue weighted by Gasteiger charge is 2.14. The van der Waals surface area contributed by atoms with E-state index in [1.807, 2.05) is 62.4 Å². The molecule has 0 aliphatic carbocycles. The molecule has 23 heavy (non-hydrogen) atoms. The summed E-state index contributed by atoms with van der Waals surface area (Å²) in [6.07, 6.45) is 0.527. The molecular weight excluding hydrogens is 288 g/mol. The van der Waals surface area contributed by atoms with Crippen LogP contribution in [0.3, 0.4) is 0 Å². The van der Waals surface area contributed by atoms with Gasteiger partial charge < -0.3 is 15.8 Å². The van der Waals surface area contributed by atoms with Crippen LogP contribution in [0.2, 0.25) is 0 Å². The van der Waals surface area contributed by atoms with E-state index in [0.717, 1.165) is 22.4 Å². The molecule has 1 amide bonds. The molecule has 0 bridgehead atoms. The normalized spacial score (nSPS) is 11.8. The fourth-order valence-electron chi connectivity index (χ4n) is 2.37. The molecular formula is C19H24N2O2. The van der Waals surface area contributed by atoms with Crippen molar-refractivity contribution in [1.29, 1.82) is 0 Å². The number of ether oxygens (including phenoxy) is 1. The van der Waals surface area contributed by atoms with E-state index in [1.54, 1.807) is 0 Å². The summed E-state index contributed by atoms with van der Waals surface area (Å²) in [5.74, 6) is 0.654. The van der Waals surface area contributed by atoms with Gasteiger partial charge in [-0.05, 0) is 37.5 Å². The van der Waals surface area contributed by atoms with Crippen molar-refractivity contribution in [2.45, 2.75) is 32.9 Å². The fraction of sp³-hybridized carbons (Fsp3) is 0.316. The van der Waals surface area contributed by atoms with Crippen LogP contribution in [-0.4, -0.2) is 18.6 Å². The van der Waals surface area contributed by atoms with Crippen molar-refractivity contribution < 1.29 is 9.53 Å². The minimum absolute atomic E-state index is 0.156. The summed E-state index contributed by atoms with van der Waals surface area (Å²) in [4.78, 5) is 12.2. The second-order valence-electron chi connectivity index (χ2n) is 5.56. The number of nitrogens with two attached hydrogens (primary N) is 1. The van der Waals surface area contributed by atoms with Crippen LogP contribution in [-0.2, 0) is 17.8 Å². The van der Waals surface area contributed by atoms with Crippen LogP contribution in [0.25, 0.3) is 0 Å². The zero-order valence-electron chi connectivity index (χ0n) is 13.7. The SMILES string of the molecule is CCOc1cc(C)ccc1CNC(=O)[C@@H](N)Cc1ccccc1. The molecule has 0 unspecified atom stereocenters. The van der Waals surface area contributed by atoms with E-state index in [2.05, 4.69) is 5.32 Å². The number of carbonyl (C=O) groups excluding carboxylic acids is 1. The van der Waals surface area contributed by atoms with Crippen molar-refractivity contribution in [2.75, 3.05) is 6.61 Å². The Labute approximate surface area is 137 Å². The standard InChI is InChI=1S/C19H24N2O2/c1-3-23-18-11-14(2)9-10-16(18)13-21-19(22)17(20)12-15-7-5-4-6-8-15/h4-11,17H,3,12-13,20H2,1-2H3,(H,21,22)/t17-/m0/s1. The number of aryl methyl sites for hydroxylation is 1. The highest BCUT2D eigenvalue weighted by atomic mass is 16.5. The lowest BCUT2D eigenvalue weighted by Crippen LogP contribution is -2.41. The lowest BCUT2D eigenvalue weighted by atomic mass is 10.1. The van der Waals surface area contributed by atoms with E-state index < -0.39 is 6.04 Å². The molecule has 122 valence electrons. The fourth-order valence-corrected chi connectivity index (χ4v) is 2.37. The molecule has 0 saturated heterocycles. The predicted molar refractivity (Wildman–Crippen MR) is 92.3 cm³/mol. The molecule has 0 radical (unpaired) electrons. The molecule has 3 N–H and O–H groups in total. The molecule has 0 aliphatic heterocycles. The highest BCUT2D eigenvalue weighted by Crippen LogP contribution is 2.20. The quantitative estimate of drug-likeness (QED) is 0.826. The van der Waals surface area contributed by atoms with Crippen molar-refractivity contribution in [3.8, 4) is 5.75 Å². The van der Waals surface area contributed by atoms with Gasteiger partial charge in [-0.1, -0.05) is 42.5 Å². The second kappa shape index (κ2) is 8.34. The molecule has 4 nitrogen and oxygen atoms in total. The lowest BCUT2D eigenvalue weighted by molar-refractivity contribution is -0.122. The summed E-state index contributed by atoms with van der Waals surface area (Å²) >= 11 is 0. The maximum atomic E-state index is 12.2. The molecule has 0 aliphatic rings. The van der Waals surface area contributed by atoms with Gasteiger partial charge in [0.15, 0.2) is 0 Å². The summed E-state index contributed by atoms with van der Waals surface area (Å²) < 4.78 is 5.62. The minimum Gasteiger partial charge on any atom is -0.494 e. The lowest BCUT2D eigenvalue weighted by Gasteiger charge is -2.15. The second-order valence-corrected chi connectivity index (χ2v) is 5.56. The molecule has 0 aromatic heterocycles. The summed E-state index contributed by atoms with van der Waals surface area (Å²) in [6.45, 7) is 4.97. The van der Waals surface area contributed by atoms with Crippen molar-refractivity contribution in [3.63, 3.8) is 0 Å². The van der Waals surface area contributed by atoms with E-state index in [-0.39, 0.29) is 5.91 Å². The van der Waals surface area contributed by atoms with Gasteiger partial charge >= 0.3 is 0 Å². The monoisotopic (exact) mass is 312 g/mol. The third-order valence-electron chi connectivity index (χ3n) is 3.61. The zero-order chi connectivity index (χ0) is 16.7. The Balaban J connectivity index is 1.93. The number of carbonyl (C=O) groups is 1. The minimum atomic E-state index is -0.557. The average molecular weight is 312 g/mol. The van der Waals surface area contributed by atoms with Crippen LogP contribution in [0.5, 0.6) is 5.75 Å². The summed E-state index contributed by atoms with van der Waals surface area (Å²) in [5.41, 5.74) is 9.13. The molecule has 4 heteroatoms. The summed E-state index contributed by atoms with van der Waals surface area (Å²) in [5, 5.41) is 2.89. The van der Waals surface area contributed by atoms with Gasteiger partial charge in [0.05, 0.1) is 12.6 Å². The van der Waals surface area contributed by atoms with Crippen molar-refractivity contribution in [1.82, 2.24) is 5.32 Å². The van der Waals surface area contributed by atoms with Gasteiger partial charge in [0.25, 0.3) is 0 Å². The summed E-state index contributed by atoms with van der Waals surface area (Å²) in [6, 6.07) is 15.2. The van der Waals surface area contributed by atoms with Crippen molar-refractivity contribution in [2.24, 2.45) is 5.73 Å². The maximum Gasteiger partial charge on any atom is 0.237 e. The van der Waals surface area contributed by atoms with Gasteiger partial charge in [0.2, 0.25) is 5.91 Å². The van der Waals surface area contributed by atoms with Crippen LogP contribution in [0.1, 0.15) is 23.6 Å². The van der Waals surface area contributed by atoms with Gasteiger partial charge in [-0.3, -0.25) is 4.79 Å². The zero-order valence-corrected chi connectivity index (χ0v) is 13.7. The maximum absolute atomic E-state index is 12.2. The Hall–Kier alpha value is -2.33. The van der Waals surface area contributed by atoms with Gasteiger partial charge in [0.1, 0.15) is 5.75 Å². The number of nitrogens with one attached hydrogen (secondary N) is 1. The third kappa shape index (κ3) is 5.11. The van der Waals surface area contributed by atoms with Gasteiger partial charge in [0, 0.05) is 12.1 Å². The van der Waals surface area contributed by atoms with E-state index in [4.69, 9.17) is 10.5 Å². The van der Waals surface area contributed by atoms with E-state index in [1.165, 1.54) is 0 Å². The third-order valence-corrected chi connectivity index (χ3v) is 3.61. The Morgan fingerprint density at radius 2 is 1.96 bits per heavy atom. The van der Waals surface area contributed by atoms with Gasteiger partial charge in [-0.15, -0.1) is 0 Å². The first-order valence-electron chi connectivity index (χ1n) is 7.89.